The maximum Gasteiger partial charge on any atom is 0.252 e. The van der Waals surface area contributed by atoms with Crippen molar-refractivity contribution in [2.75, 3.05) is 0 Å². The van der Waals surface area contributed by atoms with Crippen LogP contribution in [0.4, 0.5) is 0 Å². The van der Waals surface area contributed by atoms with Crippen LogP contribution in [0, 0.1) is 0 Å². The molecule has 0 aliphatic carbocycles. The summed E-state index contributed by atoms with van der Waals surface area (Å²) >= 11 is 0. The van der Waals surface area contributed by atoms with Gasteiger partial charge in [0.15, 0.2) is 0 Å². The topological polar surface area (TPSA) is 54.9 Å². The summed E-state index contributed by atoms with van der Waals surface area (Å²) in [7, 11) is 0. The largest absolute Gasteiger partial charge is 0.350 e. The SMILES string of the molecule is C[C@H](CCc1ccccc1)NC(=O)c1cc(-c2ccncc2)nc2ccccc12. The van der Waals surface area contributed by atoms with Gasteiger partial charge in [0.1, 0.15) is 0 Å². The van der Waals surface area contributed by atoms with Crippen LogP contribution in [0.1, 0.15) is 29.3 Å². The van der Waals surface area contributed by atoms with Crippen LogP contribution in [-0.4, -0.2) is 21.9 Å². The summed E-state index contributed by atoms with van der Waals surface area (Å²) in [5.74, 6) is -0.0699. The van der Waals surface area contributed by atoms with Gasteiger partial charge in [-0.15, -0.1) is 0 Å². The molecule has 0 saturated carbocycles. The highest BCUT2D eigenvalue weighted by atomic mass is 16.1. The highest BCUT2D eigenvalue weighted by molar-refractivity contribution is 6.07. The Morgan fingerprint density at radius 2 is 1.69 bits per heavy atom. The third-order valence-electron chi connectivity index (χ3n) is 5.02. The number of aromatic nitrogens is 2. The Hall–Kier alpha value is -3.53. The molecule has 4 aromatic rings. The summed E-state index contributed by atoms with van der Waals surface area (Å²) in [6, 6.07) is 23.9. The Labute approximate surface area is 170 Å². The minimum Gasteiger partial charge on any atom is -0.350 e. The number of fused-ring (bicyclic) bond motifs is 1. The fourth-order valence-electron chi connectivity index (χ4n) is 3.44. The first-order valence-electron chi connectivity index (χ1n) is 9.85. The van der Waals surface area contributed by atoms with Gasteiger partial charge >= 0.3 is 0 Å². The second-order valence-corrected chi connectivity index (χ2v) is 7.21. The zero-order valence-electron chi connectivity index (χ0n) is 16.4. The normalized spacial score (nSPS) is 11.9. The fourth-order valence-corrected chi connectivity index (χ4v) is 3.44. The molecule has 0 unspecified atom stereocenters. The molecule has 4 nitrogen and oxygen atoms in total. The van der Waals surface area contributed by atoms with Crippen LogP contribution in [-0.2, 0) is 6.42 Å². The van der Waals surface area contributed by atoms with E-state index in [0.29, 0.717) is 5.56 Å². The summed E-state index contributed by atoms with van der Waals surface area (Å²) in [6.07, 6.45) is 5.28. The third kappa shape index (κ3) is 4.49. The molecule has 4 heteroatoms. The molecule has 144 valence electrons. The first-order chi connectivity index (χ1) is 14.2. The Kier molecular flexibility index (Phi) is 5.61. The van der Waals surface area contributed by atoms with Crippen molar-refractivity contribution in [1.82, 2.24) is 15.3 Å². The molecule has 1 N–H and O–H groups in total. The van der Waals surface area contributed by atoms with Crippen LogP contribution in [0.15, 0.2) is 85.2 Å². The molecule has 0 aliphatic rings. The lowest BCUT2D eigenvalue weighted by atomic mass is 10.0. The summed E-state index contributed by atoms with van der Waals surface area (Å²) in [4.78, 5) is 21.9. The monoisotopic (exact) mass is 381 g/mol. The van der Waals surface area contributed by atoms with Crippen LogP contribution >= 0.6 is 0 Å². The van der Waals surface area contributed by atoms with Crippen molar-refractivity contribution >= 4 is 16.8 Å². The van der Waals surface area contributed by atoms with Crippen molar-refractivity contribution < 1.29 is 4.79 Å². The van der Waals surface area contributed by atoms with E-state index < -0.39 is 0 Å². The number of para-hydroxylation sites is 1. The van der Waals surface area contributed by atoms with Gasteiger partial charge in [-0.05, 0) is 49.6 Å². The molecule has 0 bridgehead atoms. The molecule has 0 spiro atoms. The quantitative estimate of drug-likeness (QED) is 0.509. The molecule has 0 fully saturated rings. The van der Waals surface area contributed by atoms with E-state index in [1.54, 1.807) is 12.4 Å². The Morgan fingerprint density at radius 3 is 2.48 bits per heavy atom. The van der Waals surface area contributed by atoms with E-state index in [1.165, 1.54) is 5.56 Å². The molecule has 0 saturated heterocycles. The number of benzene rings is 2. The van der Waals surface area contributed by atoms with Gasteiger partial charge in [0, 0.05) is 29.4 Å². The molecule has 2 aromatic heterocycles. The summed E-state index contributed by atoms with van der Waals surface area (Å²) in [5.41, 5.74) is 4.45. The molecule has 2 aromatic carbocycles. The number of carbonyl (C=O) groups is 1. The van der Waals surface area contributed by atoms with E-state index >= 15 is 0 Å². The zero-order chi connectivity index (χ0) is 20.1. The third-order valence-corrected chi connectivity index (χ3v) is 5.02. The maximum absolute atomic E-state index is 13.1. The molecule has 2 heterocycles. The van der Waals surface area contributed by atoms with Gasteiger partial charge < -0.3 is 5.32 Å². The van der Waals surface area contributed by atoms with Crippen LogP contribution in [0.5, 0.6) is 0 Å². The Bertz CT molecular complexity index is 1110. The lowest BCUT2D eigenvalue weighted by molar-refractivity contribution is 0.0940. The minimum atomic E-state index is -0.0699. The average Bonchev–Trinajstić information content (AvgIpc) is 2.78. The highest BCUT2D eigenvalue weighted by Gasteiger charge is 2.16. The molecule has 4 rings (SSSR count). The molecule has 0 radical (unpaired) electrons. The zero-order valence-corrected chi connectivity index (χ0v) is 16.4. The number of aryl methyl sites for hydroxylation is 1. The van der Waals surface area contributed by atoms with E-state index in [9.17, 15) is 4.79 Å². The smallest absolute Gasteiger partial charge is 0.252 e. The number of hydrogen-bond donors (Lipinski definition) is 1. The number of nitrogens with one attached hydrogen (secondary N) is 1. The lowest BCUT2D eigenvalue weighted by Gasteiger charge is -2.16. The highest BCUT2D eigenvalue weighted by Crippen LogP contribution is 2.24. The number of hydrogen-bond acceptors (Lipinski definition) is 3. The fraction of sp³-hybridized carbons (Fsp3) is 0.160. The van der Waals surface area contributed by atoms with Crippen LogP contribution in [0.2, 0.25) is 0 Å². The summed E-state index contributed by atoms with van der Waals surface area (Å²) in [6.45, 7) is 2.05. The predicted octanol–water partition coefficient (Wildman–Crippen LogP) is 5.05. The molecule has 1 amide bonds. The predicted molar refractivity (Wildman–Crippen MR) is 117 cm³/mol. The van der Waals surface area contributed by atoms with Crippen LogP contribution in [0.3, 0.4) is 0 Å². The second-order valence-electron chi connectivity index (χ2n) is 7.21. The van der Waals surface area contributed by atoms with Gasteiger partial charge in [0.25, 0.3) is 5.91 Å². The Balaban J connectivity index is 1.58. The van der Waals surface area contributed by atoms with Crippen LogP contribution < -0.4 is 5.32 Å². The summed E-state index contributed by atoms with van der Waals surface area (Å²) in [5, 5.41) is 4.02. The van der Waals surface area contributed by atoms with E-state index in [1.807, 2.05) is 67.6 Å². The number of pyridine rings is 2. The first kappa shape index (κ1) is 18.8. The maximum atomic E-state index is 13.1. The Morgan fingerprint density at radius 1 is 0.966 bits per heavy atom. The van der Waals surface area contributed by atoms with Crippen molar-refractivity contribution in [3.05, 3.63) is 96.3 Å². The number of amides is 1. The van der Waals surface area contributed by atoms with Crippen molar-refractivity contribution in [2.45, 2.75) is 25.8 Å². The van der Waals surface area contributed by atoms with Gasteiger partial charge in [-0.1, -0.05) is 48.5 Å². The van der Waals surface area contributed by atoms with Crippen molar-refractivity contribution in [3.8, 4) is 11.3 Å². The van der Waals surface area contributed by atoms with Crippen LogP contribution in [0.25, 0.3) is 22.2 Å². The van der Waals surface area contributed by atoms with E-state index in [-0.39, 0.29) is 11.9 Å². The van der Waals surface area contributed by atoms with Gasteiger partial charge in [0.2, 0.25) is 0 Å². The van der Waals surface area contributed by atoms with Gasteiger partial charge in [-0.3, -0.25) is 9.78 Å². The average molecular weight is 381 g/mol. The molecule has 1 atom stereocenters. The van der Waals surface area contributed by atoms with Crippen molar-refractivity contribution in [1.29, 1.82) is 0 Å². The molecule has 0 aliphatic heterocycles. The van der Waals surface area contributed by atoms with Gasteiger partial charge in [-0.2, -0.15) is 0 Å². The number of carbonyl (C=O) groups excluding carboxylic acids is 1. The van der Waals surface area contributed by atoms with Gasteiger partial charge in [-0.25, -0.2) is 4.98 Å². The van der Waals surface area contributed by atoms with Gasteiger partial charge in [0.05, 0.1) is 16.8 Å². The second kappa shape index (κ2) is 8.65. The van der Waals surface area contributed by atoms with E-state index in [0.717, 1.165) is 35.0 Å². The van der Waals surface area contributed by atoms with E-state index in [2.05, 4.69) is 22.4 Å². The van der Waals surface area contributed by atoms with Crippen molar-refractivity contribution in [3.63, 3.8) is 0 Å². The van der Waals surface area contributed by atoms with E-state index in [4.69, 9.17) is 4.98 Å². The molecular formula is C25H23N3O. The first-order valence-corrected chi connectivity index (χ1v) is 9.85. The standard InChI is InChI=1S/C25H23N3O/c1-18(11-12-19-7-3-2-4-8-19)27-25(29)22-17-24(20-13-15-26-16-14-20)28-23-10-6-5-9-21(22)23/h2-10,13-18H,11-12H2,1H3,(H,27,29)/t18-/m1/s1. The molecule has 29 heavy (non-hydrogen) atoms. The number of nitrogens with zero attached hydrogens (tertiary/aromatic N) is 2. The number of rotatable bonds is 6. The minimum absolute atomic E-state index is 0.0685. The summed E-state index contributed by atoms with van der Waals surface area (Å²) < 4.78 is 0. The lowest BCUT2D eigenvalue weighted by Crippen LogP contribution is -2.33. The van der Waals surface area contributed by atoms with Crippen molar-refractivity contribution in [2.24, 2.45) is 0 Å². The molecular weight excluding hydrogens is 358 g/mol.